The zero-order valence-electron chi connectivity index (χ0n) is 14.0. The molecule has 0 aliphatic rings. The number of benzene rings is 3. The first-order valence-corrected chi connectivity index (χ1v) is 9.59. The molecule has 1 heterocycles. The number of rotatable bonds is 4. The molecule has 4 heteroatoms. The summed E-state index contributed by atoms with van der Waals surface area (Å²) in [5.41, 5.74) is 0.523. The standard InChI is InChI=1S/C22H16NO2S/c23-13-6-14-25-22(24)16-7-5-8-17(15-16)26-20-11-3-1-9-18(20)19-10-2-4-12-21(19)26/h1-5,7-12,15H,6,14H2/q+1. The van der Waals surface area contributed by atoms with E-state index < -0.39 is 0 Å². The Morgan fingerprint density at radius 2 is 1.58 bits per heavy atom. The lowest BCUT2D eigenvalue weighted by Crippen LogP contribution is -2.05. The first-order valence-electron chi connectivity index (χ1n) is 8.36. The van der Waals surface area contributed by atoms with Gasteiger partial charge < -0.3 is 4.74 Å². The molecule has 0 unspecified atom stereocenters. The topological polar surface area (TPSA) is 50.1 Å². The molecule has 0 atom stereocenters. The molecule has 3 nitrogen and oxygen atoms in total. The first-order chi connectivity index (χ1) is 12.8. The molecular weight excluding hydrogens is 342 g/mol. The third-order valence-corrected chi connectivity index (χ3v) is 6.57. The second kappa shape index (κ2) is 6.99. The number of esters is 1. The molecule has 0 amide bonds. The van der Waals surface area contributed by atoms with Crippen LogP contribution in [0.25, 0.3) is 25.1 Å². The molecule has 0 fully saturated rings. The molecule has 0 aliphatic heterocycles. The van der Waals surface area contributed by atoms with Crippen molar-refractivity contribution in [3.05, 3.63) is 78.4 Å². The molecule has 0 radical (unpaired) electrons. The van der Waals surface area contributed by atoms with E-state index in [0.717, 1.165) is 4.90 Å². The van der Waals surface area contributed by atoms with Crippen LogP contribution in [-0.4, -0.2) is 12.6 Å². The highest BCUT2D eigenvalue weighted by molar-refractivity contribution is 7.50. The second-order valence-corrected chi connectivity index (χ2v) is 7.83. The van der Waals surface area contributed by atoms with Gasteiger partial charge in [-0.05, 0) is 36.4 Å². The van der Waals surface area contributed by atoms with Gasteiger partial charge >= 0.3 is 5.97 Å². The number of ether oxygens (including phenoxy) is 1. The van der Waals surface area contributed by atoms with Gasteiger partial charge in [-0.2, -0.15) is 5.26 Å². The summed E-state index contributed by atoms with van der Waals surface area (Å²) in [5, 5.41) is 11.1. The van der Waals surface area contributed by atoms with Crippen LogP contribution in [0.3, 0.4) is 0 Å². The van der Waals surface area contributed by atoms with Crippen molar-refractivity contribution in [3.8, 4) is 11.0 Å². The van der Waals surface area contributed by atoms with Crippen molar-refractivity contribution < 1.29 is 9.53 Å². The van der Waals surface area contributed by atoms with Crippen molar-refractivity contribution in [2.45, 2.75) is 6.42 Å². The largest absolute Gasteiger partial charge is 0.461 e. The smallest absolute Gasteiger partial charge is 0.338 e. The molecule has 1 aromatic heterocycles. The Bertz CT molecular complexity index is 1100. The number of hydrogen-bond acceptors (Lipinski definition) is 3. The maximum absolute atomic E-state index is 12.2. The molecule has 0 aliphatic carbocycles. The second-order valence-electron chi connectivity index (χ2n) is 5.87. The SMILES string of the molecule is N#CCCOC(=O)c1cccc(-[s+]2c3ccccc3c3ccccc32)c1. The number of carbonyl (C=O) groups is 1. The van der Waals surface area contributed by atoms with Crippen molar-refractivity contribution in [2.24, 2.45) is 0 Å². The zero-order chi connectivity index (χ0) is 17.9. The zero-order valence-corrected chi connectivity index (χ0v) is 14.8. The Hall–Kier alpha value is -3.16. The van der Waals surface area contributed by atoms with Crippen LogP contribution in [0.15, 0.2) is 72.8 Å². The van der Waals surface area contributed by atoms with Gasteiger partial charge in [-0.1, -0.05) is 30.3 Å². The highest BCUT2D eigenvalue weighted by Gasteiger charge is 2.23. The third kappa shape index (κ3) is 2.83. The van der Waals surface area contributed by atoms with Crippen LogP contribution in [0.2, 0.25) is 0 Å². The molecule has 4 aromatic rings. The predicted molar refractivity (Wildman–Crippen MR) is 106 cm³/mol. The number of nitriles is 1. The predicted octanol–water partition coefficient (Wildman–Crippen LogP) is 5.80. The Morgan fingerprint density at radius 1 is 0.923 bits per heavy atom. The van der Waals surface area contributed by atoms with E-state index in [1.54, 1.807) is 6.07 Å². The van der Waals surface area contributed by atoms with E-state index in [0.29, 0.717) is 5.56 Å². The van der Waals surface area contributed by atoms with E-state index in [1.165, 1.54) is 20.2 Å². The highest BCUT2D eigenvalue weighted by Crippen LogP contribution is 2.48. The molecule has 26 heavy (non-hydrogen) atoms. The summed E-state index contributed by atoms with van der Waals surface area (Å²) in [7, 11) is -0.235. The van der Waals surface area contributed by atoms with Gasteiger partial charge in [0.05, 0.1) is 18.1 Å². The molecular formula is C22H16NO2S+. The van der Waals surface area contributed by atoms with Crippen LogP contribution in [-0.2, 0) is 4.74 Å². The Balaban J connectivity index is 1.84. The lowest BCUT2D eigenvalue weighted by atomic mass is 10.2. The lowest BCUT2D eigenvalue weighted by Gasteiger charge is -2.02. The van der Waals surface area contributed by atoms with Crippen LogP contribution in [0.1, 0.15) is 16.8 Å². The minimum atomic E-state index is -0.383. The molecule has 126 valence electrons. The van der Waals surface area contributed by atoms with Gasteiger partial charge in [-0.3, -0.25) is 0 Å². The first kappa shape index (κ1) is 16.3. The van der Waals surface area contributed by atoms with E-state index in [-0.39, 0.29) is 29.5 Å². The molecule has 0 saturated carbocycles. The van der Waals surface area contributed by atoms with Crippen LogP contribution in [0.4, 0.5) is 0 Å². The van der Waals surface area contributed by atoms with E-state index in [4.69, 9.17) is 10.00 Å². The van der Waals surface area contributed by atoms with Crippen molar-refractivity contribution in [3.63, 3.8) is 0 Å². The normalized spacial score (nSPS) is 10.7. The maximum Gasteiger partial charge on any atom is 0.338 e. The van der Waals surface area contributed by atoms with Crippen molar-refractivity contribution >= 4 is 36.6 Å². The van der Waals surface area contributed by atoms with Crippen molar-refractivity contribution in [1.82, 2.24) is 0 Å². The van der Waals surface area contributed by atoms with Gasteiger partial charge in [-0.25, -0.2) is 4.79 Å². The molecule has 0 bridgehead atoms. The molecule has 0 saturated heterocycles. The third-order valence-electron chi connectivity index (χ3n) is 4.26. The fourth-order valence-electron chi connectivity index (χ4n) is 3.13. The summed E-state index contributed by atoms with van der Waals surface area (Å²) in [6.07, 6.45) is 0.205. The highest BCUT2D eigenvalue weighted by atomic mass is 32.2. The Morgan fingerprint density at radius 3 is 2.23 bits per heavy atom. The van der Waals surface area contributed by atoms with Gasteiger partial charge in [0.1, 0.15) is 6.61 Å². The Kier molecular flexibility index (Phi) is 4.39. The summed E-state index contributed by atoms with van der Waals surface area (Å²) < 4.78 is 7.73. The molecule has 4 rings (SSSR count). The molecule has 3 aromatic carbocycles. The van der Waals surface area contributed by atoms with Gasteiger partial charge in [0.25, 0.3) is 0 Å². The van der Waals surface area contributed by atoms with Crippen LogP contribution in [0.5, 0.6) is 0 Å². The van der Waals surface area contributed by atoms with Gasteiger partial charge in [0.2, 0.25) is 0 Å². The average Bonchev–Trinajstić information content (AvgIpc) is 3.03. The summed E-state index contributed by atoms with van der Waals surface area (Å²) in [6, 6.07) is 26.5. The quantitative estimate of drug-likeness (QED) is 0.263. The number of thiophene rings is 1. The summed E-state index contributed by atoms with van der Waals surface area (Å²) >= 11 is 0. The summed E-state index contributed by atoms with van der Waals surface area (Å²) in [5.74, 6) is -0.383. The summed E-state index contributed by atoms with van der Waals surface area (Å²) in [6.45, 7) is 0.122. The van der Waals surface area contributed by atoms with Crippen molar-refractivity contribution in [1.29, 1.82) is 5.26 Å². The number of hydrogen-bond donors (Lipinski definition) is 0. The number of carbonyl (C=O) groups excluding carboxylic acids is 1. The average molecular weight is 358 g/mol. The van der Waals surface area contributed by atoms with E-state index >= 15 is 0 Å². The fourth-order valence-corrected chi connectivity index (χ4v) is 5.56. The number of nitrogens with zero attached hydrogens (tertiary/aromatic N) is 1. The van der Waals surface area contributed by atoms with E-state index in [2.05, 4.69) is 54.6 Å². The number of fused-ring (bicyclic) bond motifs is 3. The van der Waals surface area contributed by atoms with Crippen LogP contribution in [0, 0.1) is 11.3 Å². The van der Waals surface area contributed by atoms with E-state index in [9.17, 15) is 4.79 Å². The van der Waals surface area contributed by atoms with E-state index in [1.807, 2.05) is 18.2 Å². The molecule has 0 spiro atoms. The lowest BCUT2D eigenvalue weighted by molar-refractivity contribution is 0.0513. The fraction of sp³-hybridized carbons (Fsp3) is 0.0909. The minimum absolute atomic E-state index is 0.122. The van der Waals surface area contributed by atoms with Gasteiger partial charge in [0.15, 0.2) is 14.3 Å². The maximum atomic E-state index is 12.2. The van der Waals surface area contributed by atoms with Crippen molar-refractivity contribution in [2.75, 3.05) is 6.61 Å². The van der Waals surface area contributed by atoms with Crippen LogP contribution >= 0.6 is 10.5 Å². The minimum Gasteiger partial charge on any atom is -0.461 e. The summed E-state index contributed by atoms with van der Waals surface area (Å²) in [4.78, 5) is 13.3. The van der Waals surface area contributed by atoms with Gasteiger partial charge in [0, 0.05) is 27.3 Å². The Labute approximate surface area is 154 Å². The monoisotopic (exact) mass is 358 g/mol. The van der Waals surface area contributed by atoms with Gasteiger partial charge in [-0.15, -0.1) is 0 Å². The van der Waals surface area contributed by atoms with Crippen LogP contribution < -0.4 is 0 Å². The molecule has 0 N–H and O–H groups in total.